The van der Waals surface area contributed by atoms with Crippen LogP contribution in [0.25, 0.3) is 0 Å². The van der Waals surface area contributed by atoms with Gasteiger partial charge in [0.25, 0.3) is 0 Å². The summed E-state index contributed by atoms with van der Waals surface area (Å²) in [7, 11) is 0. The maximum atomic E-state index is 12.2. The summed E-state index contributed by atoms with van der Waals surface area (Å²) in [5, 5.41) is 29.6. The lowest BCUT2D eigenvalue weighted by Crippen LogP contribution is -2.56. The third kappa shape index (κ3) is 4.15. The van der Waals surface area contributed by atoms with Crippen molar-refractivity contribution in [3.8, 4) is 0 Å². The number of aliphatic hydroxyl groups is 1. The van der Waals surface area contributed by atoms with Gasteiger partial charge in [-0.15, -0.1) is 0 Å². The molecule has 1 aliphatic heterocycles. The first-order valence-electron chi connectivity index (χ1n) is 8.78. The van der Waals surface area contributed by atoms with Gasteiger partial charge in [0, 0.05) is 19.6 Å². The third-order valence-electron chi connectivity index (χ3n) is 5.06. The number of benzene rings is 1. The zero-order valence-corrected chi connectivity index (χ0v) is 14.8. The minimum atomic E-state index is -1.32. The number of likely N-dealkylation sites (tertiary alicyclic amines) is 1. The largest absolute Gasteiger partial charge is 0.481 e. The molecule has 0 saturated carbocycles. The molecule has 2 atom stereocenters. The molecule has 2 aromatic rings. The molecule has 2 heterocycles. The van der Waals surface area contributed by atoms with Gasteiger partial charge in [0.2, 0.25) is 0 Å². The van der Waals surface area contributed by atoms with E-state index < -0.39 is 23.5 Å². The number of nitrogens with zero attached hydrogens (tertiary/aromatic N) is 2. The van der Waals surface area contributed by atoms with Gasteiger partial charge in [0.05, 0.1) is 11.8 Å². The summed E-state index contributed by atoms with van der Waals surface area (Å²) < 4.78 is 0. The van der Waals surface area contributed by atoms with Crippen LogP contribution in [-0.4, -0.2) is 56.3 Å². The Morgan fingerprint density at radius 1 is 1.11 bits per heavy atom. The summed E-state index contributed by atoms with van der Waals surface area (Å²) in [5.41, 5.74) is 0.0553. The van der Waals surface area contributed by atoms with Crippen molar-refractivity contribution in [1.82, 2.24) is 9.88 Å². The van der Waals surface area contributed by atoms with Crippen molar-refractivity contribution in [2.45, 2.75) is 25.5 Å². The molecule has 142 valence electrons. The second-order valence-electron chi connectivity index (χ2n) is 6.96. The molecule has 0 radical (unpaired) electrons. The lowest BCUT2D eigenvalue weighted by atomic mass is 9.73. The number of aliphatic hydroxyl groups excluding tert-OH is 1. The number of hydrogen-bond acceptors (Lipinski definition) is 5. The van der Waals surface area contributed by atoms with Crippen molar-refractivity contribution in [2.75, 3.05) is 13.1 Å². The molecule has 1 aliphatic rings. The van der Waals surface area contributed by atoms with E-state index in [-0.39, 0.29) is 18.7 Å². The second-order valence-corrected chi connectivity index (χ2v) is 6.96. The molecule has 3 N–H and O–H groups in total. The minimum absolute atomic E-state index is 0.0432. The first-order valence-corrected chi connectivity index (χ1v) is 8.78. The number of piperidine rings is 1. The van der Waals surface area contributed by atoms with Gasteiger partial charge in [0.1, 0.15) is 11.1 Å². The quantitative estimate of drug-likeness (QED) is 0.709. The normalized spacial score (nSPS) is 23.1. The smallest absolute Gasteiger partial charge is 0.354 e. The van der Waals surface area contributed by atoms with Gasteiger partial charge in [0.15, 0.2) is 0 Å². The molecular weight excluding hydrogens is 348 g/mol. The average Bonchev–Trinajstić information content (AvgIpc) is 2.65. The Labute approximate surface area is 156 Å². The van der Waals surface area contributed by atoms with Gasteiger partial charge in [-0.1, -0.05) is 36.4 Å². The molecule has 1 aromatic carbocycles. The van der Waals surface area contributed by atoms with Gasteiger partial charge in [-0.2, -0.15) is 0 Å². The lowest BCUT2D eigenvalue weighted by Gasteiger charge is -2.43. The zero-order chi connectivity index (χ0) is 19.4. The molecule has 1 fully saturated rings. The van der Waals surface area contributed by atoms with Gasteiger partial charge >= 0.3 is 11.9 Å². The van der Waals surface area contributed by atoms with Gasteiger partial charge < -0.3 is 15.3 Å². The van der Waals surface area contributed by atoms with Crippen molar-refractivity contribution >= 4 is 11.9 Å². The lowest BCUT2D eigenvalue weighted by molar-refractivity contribution is -0.163. The van der Waals surface area contributed by atoms with Crippen molar-refractivity contribution in [1.29, 1.82) is 0 Å². The number of aromatic carboxylic acids is 1. The highest BCUT2D eigenvalue weighted by molar-refractivity contribution is 5.85. The standard InChI is InChI=1S/C20H22N2O5/c23-17-9-10-22(12-15-7-4-8-16(21-15)18(24)25)13-20(17,19(26)27)11-14-5-2-1-3-6-14/h1-8,17,23H,9-13H2,(H,24,25)(H,26,27)/t17-,20+/m0/s1. The van der Waals surface area contributed by atoms with E-state index in [9.17, 15) is 19.8 Å². The number of hydrogen-bond donors (Lipinski definition) is 3. The highest BCUT2D eigenvalue weighted by Gasteiger charge is 2.49. The molecule has 7 nitrogen and oxygen atoms in total. The van der Waals surface area contributed by atoms with Gasteiger partial charge in [-0.05, 0) is 30.5 Å². The van der Waals surface area contributed by atoms with Crippen molar-refractivity contribution in [3.05, 3.63) is 65.5 Å². The van der Waals surface area contributed by atoms with Crippen LogP contribution in [0.2, 0.25) is 0 Å². The highest BCUT2D eigenvalue weighted by Crippen LogP contribution is 2.35. The first-order chi connectivity index (χ1) is 12.9. The topological polar surface area (TPSA) is 111 Å². The SMILES string of the molecule is O=C(O)c1cccc(CN2CC[C@H](O)[C@](Cc3ccccc3)(C(=O)O)C2)n1. The Balaban J connectivity index is 1.82. The molecule has 1 aromatic heterocycles. The molecule has 0 amide bonds. The number of carboxylic acids is 2. The minimum Gasteiger partial charge on any atom is -0.481 e. The van der Waals surface area contributed by atoms with E-state index in [1.807, 2.05) is 35.2 Å². The number of aliphatic carboxylic acids is 1. The number of aromatic nitrogens is 1. The number of carbonyl (C=O) groups is 2. The summed E-state index contributed by atoms with van der Waals surface area (Å²) in [6, 6.07) is 14.0. The summed E-state index contributed by atoms with van der Waals surface area (Å²) >= 11 is 0. The fraction of sp³-hybridized carbons (Fsp3) is 0.350. The monoisotopic (exact) mass is 370 g/mol. The summed E-state index contributed by atoms with van der Waals surface area (Å²) in [6.07, 6.45) is -0.397. The Kier molecular flexibility index (Phi) is 5.53. The fourth-order valence-electron chi connectivity index (χ4n) is 3.64. The molecular formula is C20H22N2O5. The van der Waals surface area contributed by atoms with Crippen LogP contribution in [0.15, 0.2) is 48.5 Å². The molecule has 0 aliphatic carbocycles. The molecule has 0 bridgehead atoms. The Morgan fingerprint density at radius 2 is 1.85 bits per heavy atom. The molecule has 3 rings (SSSR count). The van der Waals surface area contributed by atoms with Crippen molar-refractivity contribution in [3.63, 3.8) is 0 Å². The van der Waals surface area contributed by atoms with Crippen LogP contribution in [0, 0.1) is 5.41 Å². The van der Waals surface area contributed by atoms with E-state index in [1.54, 1.807) is 12.1 Å². The molecule has 1 saturated heterocycles. The Bertz CT molecular complexity index is 826. The van der Waals surface area contributed by atoms with Crippen molar-refractivity contribution < 1.29 is 24.9 Å². The van der Waals surface area contributed by atoms with Crippen LogP contribution in [-0.2, 0) is 17.8 Å². The molecule has 7 heteroatoms. The number of rotatable bonds is 6. The molecule has 0 unspecified atom stereocenters. The van der Waals surface area contributed by atoms with Crippen molar-refractivity contribution in [2.24, 2.45) is 5.41 Å². The van der Waals surface area contributed by atoms with E-state index in [0.717, 1.165) is 5.56 Å². The van der Waals surface area contributed by atoms with E-state index in [2.05, 4.69) is 4.98 Å². The maximum Gasteiger partial charge on any atom is 0.354 e. The summed E-state index contributed by atoms with van der Waals surface area (Å²) in [5.74, 6) is -2.13. The summed E-state index contributed by atoms with van der Waals surface area (Å²) in [6.45, 7) is 1.01. The van der Waals surface area contributed by atoms with Crippen LogP contribution >= 0.6 is 0 Å². The van der Waals surface area contributed by atoms with Gasteiger partial charge in [-0.25, -0.2) is 9.78 Å². The predicted octanol–water partition coefficient (Wildman–Crippen LogP) is 1.66. The zero-order valence-electron chi connectivity index (χ0n) is 14.8. The first kappa shape index (κ1) is 19.0. The maximum absolute atomic E-state index is 12.2. The van der Waals surface area contributed by atoms with E-state index in [1.165, 1.54) is 6.07 Å². The second kappa shape index (κ2) is 7.85. The summed E-state index contributed by atoms with van der Waals surface area (Å²) in [4.78, 5) is 29.3. The number of carboxylic acid groups (broad SMARTS) is 2. The van der Waals surface area contributed by atoms with Crippen LogP contribution < -0.4 is 0 Å². The molecule has 27 heavy (non-hydrogen) atoms. The van der Waals surface area contributed by atoms with Crippen LogP contribution in [0.1, 0.15) is 28.2 Å². The number of pyridine rings is 1. The Hall–Kier alpha value is -2.77. The van der Waals surface area contributed by atoms with Crippen LogP contribution in [0.3, 0.4) is 0 Å². The van der Waals surface area contributed by atoms with Crippen LogP contribution in [0.4, 0.5) is 0 Å². The van der Waals surface area contributed by atoms with Crippen LogP contribution in [0.5, 0.6) is 0 Å². The van der Waals surface area contributed by atoms with E-state index >= 15 is 0 Å². The molecule has 0 spiro atoms. The third-order valence-corrected chi connectivity index (χ3v) is 5.06. The Morgan fingerprint density at radius 3 is 2.52 bits per heavy atom. The highest BCUT2D eigenvalue weighted by atomic mass is 16.4. The van der Waals surface area contributed by atoms with E-state index in [4.69, 9.17) is 5.11 Å². The van der Waals surface area contributed by atoms with Gasteiger partial charge in [-0.3, -0.25) is 9.69 Å². The van der Waals surface area contributed by atoms with E-state index in [0.29, 0.717) is 25.2 Å². The average molecular weight is 370 g/mol. The predicted molar refractivity (Wildman–Crippen MR) is 97.3 cm³/mol. The fourth-order valence-corrected chi connectivity index (χ4v) is 3.64.